The number of aromatic nitrogens is 2. The van der Waals surface area contributed by atoms with Crippen LogP contribution in [-0.2, 0) is 6.61 Å². The number of oxazole rings is 1. The first kappa shape index (κ1) is 18.9. The number of β-amino-alcohol motifs (C(OH)–C–C–N with tert-alkyl or cyclic N) is 1. The zero-order chi connectivity index (χ0) is 19.6. The monoisotopic (exact) mass is 391 g/mol. The molecule has 1 aliphatic heterocycles. The molecule has 0 unspecified atom stereocenters. The number of aliphatic hydroxyl groups excluding tert-OH is 1. The van der Waals surface area contributed by atoms with Crippen LogP contribution in [0, 0.1) is 0 Å². The Kier molecular flexibility index (Phi) is 5.17. The molecule has 8 nitrogen and oxygen atoms in total. The number of hydrogen-bond donors (Lipinski definition) is 1. The molecule has 12 heteroatoms. The summed E-state index contributed by atoms with van der Waals surface area (Å²) in [6.45, 7) is -0.627. The molecule has 1 aliphatic rings. The maximum Gasteiger partial charge on any atom is 0.573 e. The Morgan fingerprint density at radius 3 is 2.74 bits per heavy atom. The van der Waals surface area contributed by atoms with E-state index in [1.807, 2.05) is 0 Å². The summed E-state index contributed by atoms with van der Waals surface area (Å²) in [6, 6.07) is 2.18. The maximum atomic E-state index is 13.3. The smallest absolute Gasteiger partial charge is 0.468 e. The van der Waals surface area contributed by atoms with Crippen molar-refractivity contribution in [2.24, 2.45) is 0 Å². The van der Waals surface area contributed by atoms with Crippen molar-refractivity contribution in [2.75, 3.05) is 13.1 Å². The van der Waals surface area contributed by atoms with Gasteiger partial charge in [-0.15, -0.1) is 13.2 Å². The Balaban J connectivity index is 1.54. The maximum absolute atomic E-state index is 13.3. The fourth-order valence-corrected chi connectivity index (χ4v) is 2.33. The summed E-state index contributed by atoms with van der Waals surface area (Å²) in [5, 5.41) is 9.35. The highest BCUT2D eigenvalue weighted by atomic mass is 19.4. The van der Waals surface area contributed by atoms with Crippen molar-refractivity contribution in [1.29, 1.82) is 0 Å². The van der Waals surface area contributed by atoms with Crippen LogP contribution in [0.15, 0.2) is 29.0 Å². The summed E-state index contributed by atoms with van der Waals surface area (Å²) in [5.74, 6) is -1.11. The summed E-state index contributed by atoms with van der Waals surface area (Å²) < 4.78 is 63.4. The Bertz CT molecular complexity index is 785. The van der Waals surface area contributed by atoms with Crippen molar-refractivity contribution in [2.45, 2.75) is 25.2 Å². The fourth-order valence-electron chi connectivity index (χ4n) is 2.33. The van der Waals surface area contributed by atoms with Crippen LogP contribution < -0.4 is 9.47 Å². The van der Waals surface area contributed by atoms with Gasteiger partial charge in [0.1, 0.15) is 24.3 Å². The number of pyridine rings is 1. The molecule has 0 aliphatic carbocycles. The first-order chi connectivity index (χ1) is 12.7. The molecule has 1 saturated heterocycles. The number of halogens is 4. The van der Waals surface area contributed by atoms with Crippen molar-refractivity contribution < 1.29 is 41.4 Å². The molecule has 3 rings (SSSR count). The second-order valence-electron chi connectivity index (χ2n) is 5.59. The molecule has 2 aromatic rings. The lowest BCUT2D eigenvalue weighted by molar-refractivity contribution is -0.274. The Hall–Kier alpha value is -2.89. The Morgan fingerprint density at radius 1 is 1.37 bits per heavy atom. The van der Waals surface area contributed by atoms with Gasteiger partial charge in [0.15, 0.2) is 12.3 Å². The molecule has 146 valence electrons. The lowest BCUT2D eigenvalue weighted by Gasteiger charge is -2.12. The van der Waals surface area contributed by atoms with Crippen LogP contribution in [0.1, 0.15) is 16.4 Å². The van der Waals surface area contributed by atoms with Crippen molar-refractivity contribution >= 4 is 5.91 Å². The van der Waals surface area contributed by atoms with Gasteiger partial charge < -0.3 is 23.9 Å². The van der Waals surface area contributed by atoms with E-state index in [2.05, 4.69) is 14.7 Å². The van der Waals surface area contributed by atoms with Crippen LogP contribution in [0.2, 0.25) is 0 Å². The average molecular weight is 391 g/mol. The molecular weight excluding hydrogens is 378 g/mol. The number of alkyl halides is 4. The highest BCUT2D eigenvalue weighted by Crippen LogP contribution is 2.23. The minimum atomic E-state index is -4.82. The van der Waals surface area contributed by atoms with Crippen LogP contribution in [0.3, 0.4) is 0 Å². The number of hydrogen-bond acceptors (Lipinski definition) is 7. The second kappa shape index (κ2) is 7.39. The minimum absolute atomic E-state index is 0.00677. The van der Waals surface area contributed by atoms with E-state index in [9.17, 15) is 27.5 Å². The van der Waals surface area contributed by atoms with E-state index in [4.69, 9.17) is 9.15 Å². The van der Waals surface area contributed by atoms with Gasteiger partial charge in [0.05, 0.1) is 19.3 Å². The molecule has 1 fully saturated rings. The van der Waals surface area contributed by atoms with E-state index < -0.39 is 30.3 Å². The van der Waals surface area contributed by atoms with Crippen LogP contribution in [0.25, 0.3) is 0 Å². The highest BCUT2D eigenvalue weighted by molar-refractivity contribution is 5.92. The second-order valence-corrected chi connectivity index (χ2v) is 5.59. The molecule has 0 saturated carbocycles. The third-order valence-electron chi connectivity index (χ3n) is 3.56. The molecular formula is C15H13F4N3O5. The summed E-state index contributed by atoms with van der Waals surface area (Å²) >= 11 is 0. The van der Waals surface area contributed by atoms with Crippen LogP contribution in [0.4, 0.5) is 17.6 Å². The van der Waals surface area contributed by atoms with Gasteiger partial charge in [-0.2, -0.15) is 0 Å². The third kappa shape index (κ3) is 4.84. The lowest BCUT2D eigenvalue weighted by atomic mass is 10.3. The highest BCUT2D eigenvalue weighted by Gasteiger charge is 2.35. The summed E-state index contributed by atoms with van der Waals surface area (Å²) in [5.41, 5.74) is -0.0863. The Labute approximate surface area is 149 Å². The minimum Gasteiger partial charge on any atom is -0.468 e. The largest absolute Gasteiger partial charge is 0.573 e. The predicted octanol–water partition coefficient (Wildman–Crippen LogP) is 1.70. The summed E-state index contributed by atoms with van der Waals surface area (Å²) in [7, 11) is 0. The number of rotatable bonds is 5. The molecule has 0 spiro atoms. The fraction of sp³-hybridized carbons (Fsp3) is 0.400. The summed E-state index contributed by atoms with van der Waals surface area (Å²) in [6.07, 6.45) is -5.68. The molecule has 0 radical (unpaired) electrons. The zero-order valence-electron chi connectivity index (χ0n) is 13.5. The number of carbonyl (C=O) groups is 1. The van der Waals surface area contributed by atoms with Gasteiger partial charge in [0.25, 0.3) is 5.91 Å². The van der Waals surface area contributed by atoms with Crippen LogP contribution in [-0.4, -0.2) is 57.6 Å². The van der Waals surface area contributed by atoms with E-state index in [1.54, 1.807) is 0 Å². The van der Waals surface area contributed by atoms with Crippen molar-refractivity contribution in [3.63, 3.8) is 0 Å². The normalized spacial score (nSPS) is 20.0. The van der Waals surface area contributed by atoms with Gasteiger partial charge in [-0.3, -0.25) is 4.79 Å². The van der Waals surface area contributed by atoms with E-state index in [-0.39, 0.29) is 37.2 Å². The van der Waals surface area contributed by atoms with E-state index in [0.717, 1.165) is 29.5 Å². The number of ether oxygens (including phenoxy) is 2. The number of carbonyl (C=O) groups excluding carboxylic acids is 1. The van der Waals surface area contributed by atoms with Crippen molar-refractivity contribution in [3.05, 3.63) is 36.2 Å². The number of likely N-dealkylation sites (tertiary alicyclic amines) is 1. The van der Waals surface area contributed by atoms with Crippen LogP contribution >= 0.6 is 0 Å². The molecule has 1 amide bonds. The van der Waals surface area contributed by atoms with E-state index >= 15 is 0 Å². The zero-order valence-corrected chi connectivity index (χ0v) is 13.5. The third-order valence-corrected chi connectivity index (χ3v) is 3.56. The predicted molar refractivity (Wildman–Crippen MR) is 78.6 cm³/mol. The molecule has 3 heterocycles. The Morgan fingerprint density at radius 2 is 2.15 bits per heavy atom. The summed E-state index contributed by atoms with van der Waals surface area (Å²) in [4.78, 5) is 20.8. The van der Waals surface area contributed by atoms with Crippen molar-refractivity contribution in [3.8, 4) is 11.6 Å². The van der Waals surface area contributed by atoms with Gasteiger partial charge in [-0.05, 0) is 6.07 Å². The van der Waals surface area contributed by atoms with Gasteiger partial charge in [-0.25, -0.2) is 14.4 Å². The topological polar surface area (TPSA) is 97.9 Å². The van der Waals surface area contributed by atoms with Crippen LogP contribution in [0.5, 0.6) is 11.6 Å². The molecule has 2 atom stereocenters. The number of amides is 1. The van der Waals surface area contributed by atoms with E-state index in [0.29, 0.717) is 0 Å². The molecule has 1 N–H and O–H groups in total. The molecule has 2 aromatic heterocycles. The van der Waals surface area contributed by atoms with Gasteiger partial charge >= 0.3 is 6.36 Å². The molecule has 27 heavy (non-hydrogen) atoms. The number of nitrogens with zero attached hydrogens (tertiary/aromatic N) is 3. The molecule has 0 bridgehead atoms. The molecule has 0 aromatic carbocycles. The SMILES string of the molecule is O=C(c1coc(COc2ccc(OC(F)(F)F)cn2)n1)N1C[C@@H](O)[C@H](F)C1. The van der Waals surface area contributed by atoms with Gasteiger partial charge in [-0.1, -0.05) is 0 Å². The standard InChI is InChI=1S/C15H13F4N3O5/c16-9-4-22(5-11(9)23)14(24)10-6-25-13(21-10)7-26-12-2-1-8(3-20-12)27-15(17,18)19/h1-3,6,9,11,23H,4-5,7H2/t9-,11-/m1/s1. The average Bonchev–Trinajstić information content (AvgIpc) is 3.19. The quantitative estimate of drug-likeness (QED) is 0.775. The lowest BCUT2D eigenvalue weighted by Crippen LogP contribution is -2.29. The first-order valence-corrected chi connectivity index (χ1v) is 7.61. The van der Waals surface area contributed by atoms with Crippen molar-refractivity contribution in [1.82, 2.24) is 14.9 Å². The first-order valence-electron chi connectivity index (χ1n) is 7.61. The number of aliphatic hydroxyl groups is 1. The van der Waals surface area contributed by atoms with Gasteiger partial charge in [0, 0.05) is 6.07 Å². The van der Waals surface area contributed by atoms with E-state index in [1.165, 1.54) is 0 Å². The van der Waals surface area contributed by atoms with Gasteiger partial charge in [0.2, 0.25) is 11.8 Å².